The number of benzene rings is 3. The van der Waals surface area contributed by atoms with E-state index in [1.807, 2.05) is 0 Å². The van der Waals surface area contributed by atoms with E-state index in [9.17, 15) is 19.6 Å². The number of nitriles is 1. The Labute approximate surface area is 197 Å². The molecule has 0 atom stereocenters. The molecule has 0 amide bonds. The van der Waals surface area contributed by atoms with Gasteiger partial charge in [0.1, 0.15) is 11.5 Å². The summed E-state index contributed by atoms with van der Waals surface area (Å²) in [6.45, 7) is 0. The van der Waals surface area contributed by atoms with Crippen LogP contribution in [0.5, 0.6) is 11.5 Å². The monoisotopic (exact) mass is 464 g/mol. The maximum atomic E-state index is 12.5. The Morgan fingerprint density at radius 3 is 2.54 bits per heavy atom. The molecule has 2 aliphatic rings. The number of hydrogen-bond acceptors (Lipinski definition) is 7. The number of fused-ring (bicyclic) bond motifs is 2. The first-order valence-corrected chi connectivity index (χ1v) is 10.4. The van der Waals surface area contributed by atoms with Crippen LogP contribution in [-0.2, 0) is 4.74 Å². The Balaban J connectivity index is 1.62. The van der Waals surface area contributed by atoms with Gasteiger partial charge in [-0.25, -0.2) is 9.59 Å². The highest BCUT2D eigenvalue weighted by atomic mass is 16.5. The molecule has 0 bridgehead atoms. The van der Waals surface area contributed by atoms with Crippen molar-refractivity contribution < 1.29 is 14.3 Å². The molecule has 9 nitrogen and oxygen atoms in total. The van der Waals surface area contributed by atoms with E-state index < -0.39 is 17.2 Å². The van der Waals surface area contributed by atoms with Crippen LogP contribution in [0.1, 0.15) is 15.9 Å². The van der Waals surface area contributed by atoms with Crippen molar-refractivity contribution in [3.63, 3.8) is 0 Å². The first-order chi connectivity index (χ1) is 17.0. The molecule has 0 aliphatic carbocycles. The van der Waals surface area contributed by atoms with Crippen LogP contribution in [0.25, 0.3) is 28.0 Å². The lowest BCUT2D eigenvalue weighted by atomic mass is 10.1. The van der Waals surface area contributed by atoms with Gasteiger partial charge >= 0.3 is 11.7 Å². The maximum absolute atomic E-state index is 12.5. The van der Waals surface area contributed by atoms with Crippen molar-refractivity contribution >= 4 is 16.9 Å². The van der Waals surface area contributed by atoms with Crippen LogP contribution >= 0.6 is 0 Å². The highest BCUT2D eigenvalue weighted by Gasteiger charge is 2.18. The number of hydrogen-bond donors (Lipinski definition) is 1. The van der Waals surface area contributed by atoms with Crippen molar-refractivity contribution in [2.75, 3.05) is 7.11 Å². The van der Waals surface area contributed by atoms with E-state index in [1.165, 1.54) is 7.11 Å². The summed E-state index contributed by atoms with van der Waals surface area (Å²) >= 11 is 0. The Bertz CT molecular complexity index is 1730. The number of aromatic nitrogens is 3. The van der Waals surface area contributed by atoms with Crippen molar-refractivity contribution in [2.45, 2.75) is 0 Å². The standard InChI is InChI=1S/C26H16N4O5/c1-34-25(32)17-3-2-4-20(12-17)35-19-9-7-18(8-10-19)30-22-11-15(14-27)5-6-16(22)13-21-23(30)28-26(33)29-24(21)31/h2-13H,1H3,(H,29,31,33). The predicted molar refractivity (Wildman–Crippen MR) is 127 cm³/mol. The van der Waals surface area contributed by atoms with E-state index in [0.29, 0.717) is 39.2 Å². The van der Waals surface area contributed by atoms with Crippen molar-refractivity contribution in [1.29, 1.82) is 5.26 Å². The van der Waals surface area contributed by atoms with Gasteiger partial charge in [-0.15, -0.1) is 0 Å². The second-order valence-corrected chi connectivity index (χ2v) is 7.59. The van der Waals surface area contributed by atoms with Crippen LogP contribution in [-0.4, -0.2) is 27.6 Å². The molecular formula is C26H16N4O5. The molecule has 1 N–H and O–H groups in total. The number of rotatable bonds is 4. The SMILES string of the molecule is COC(=O)c1cccc(Oc2ccc(-n3c4nc(=O)[nH]c(=O)c-4cc4ccc(C#N)cc43)cc2)c1. The zero-order valence-electron chi connectivity index (χ0n) is 18.3. The van der Waals surface area contributed by atoms with E-state index in [0.717, 1.165) is 0 Å². The average molecular weight is 464 g/mol. The molecule has 2 heterocycles. The molecule has 0 unspecified atom stereocenters. The summed E-state index contributed by atoms with van der Waals surface area (Å²) in [6, 6.07) is 22.3. The third-order valence-electron chi connectivity index (χ3n) is 5.41. The van der Waals surface area contributed by atoms with Crippen molar-refractivity contribution in [3.05, 3.63) is 105 Å². The van der Waals surface area contributed by atoms with Gasteiger partial charge in [-0.3, -0.25) is 14.3 Å². The number of carbonyl (C=O) groups is 1. The minimum Gasteiger partial charge on any atom is -0.465 e. The van der Waals surface area contributed by atoms with Gasteiger partial charge in [-0.1, -0.05) is 12.1 Å². The molecule has 0 saturated heterocycles. The summed E-state index contributed by atoms with van der Waals surface area (Å²) in [4.78, 5) is 42.5. The van der Waals surface area contributed by atoms with Crippen LogP contribution in [0, 0.1) is 11.3 Å². The highest BCUT2D eigenvalue weighted by Crippen LogP contribution is 2.30. The van der Waals surface area contributed by atoms with Crippen LogP contribution in [0.2, 0.25) is 0 Å². The molecule has 0 fully saturated rings. The molecule has 0 aromatic heterocycles. The highest BCUT2D eigenvalue weighted by molar-refractivity contribution is 5.90. The lowest BCUT2D eigenvalue weighted by Crippen LogP contribution is -2.27. The second kappa shape index (κ2) is 8.61. The molecule has 2 aliphatic heterocycles. The zero-order valence-corrected chi connectivity index (χ0v) is 18.3. The molecule has 3 aromatic carbocycles. The van der Waals surface area contributed by atoms with Crippen LogP contribution in [0.3, 0.4) is 0 Å². The molecule has 170 valence electrons. The van der Waals surface area contributed by atoms with E-state index in [4.69, 9.17) is 9.47 Å². The Morgan fingerprint density at radius 1 is 1.00 bits per heavy atom. The fourth-order valence-electron chi connectivity index (χ4n) is 3.81. The summed E-state index contributed by atoms with van der Waals surface area (Å²) in [5.74, 6) is 0.642. The molecule has 0 saturated carbocycles. The Hall–Kier alpha value is -5.23. The van der Waals surface area contributed by atoms with Gasteiger partial charge in [0.2, 0.25) is 0 Å². The predicted octanol–water partition coefficient (Wildman–Crippen LogP) is 3.63. The number of nitrogens with zero attached hydrogens (tertiary/aromatic N) is 3. The number of ether oxygens (including phenoxy) is 2. The van der Waals surface area contributed by atoms with Crippen LogP contribution in [0.15, 0.2) is 82.4 Å². The number of nitrogens with one attached hydrogen (secondary N) is 1. The smallest absolute Gasteiger partial charge is 0.349 e. The van der Waals surface area contributed by atoms with Gasteiger partial charge in [-0.05, 0) is 66.0 Å². The van der Waals surface area contributed by atoms with Crippen molar-refractivity contribution in [3.8, 4) is 34.6 Å². The third-order valence-corrected chi connectivity index (χ3v) is 5.41. The van der Waals surface area contributed by atoms with Crippen LogP contribution in [0.4, 0.5) is 0 Å². The summed E-state index contributed by atoms with van der Waals surface area (Å²) in [5, 5.41) is 10.1. The fraction of sp³-hybridized carbons (Fsp3) is 0.0385. The zero-order chi connectivity index (χ0) is 24.5. The van der Waals surface area contributed by atoms with E-state index >= 15 is 0 Å². The minimum absolute atomic E-state index is 0.167. The molecule has 3 aromatic rings. The van der Waals surface area contributed by atoms with Gasteiger partial charge in [0.05, 0.1) is 35.4 Å². The first kappa shape index (κ1) is 21.6. The molecule has 0 spiro atoms. The molecule has 0 radical (unpaired) electrons. The van der Waals surface area contributed by atoms with Gasteiger partial charge in [-0.2, -0.15) is 10.2 Å². The summed E-state index contributed by atoms with van der Waals surface area (Å²) in [5.41, 5.74) is 0.905. The van der Waals surface area contributed by atoms with Gasteiger partial charge in [0.25, 0.3) is 5.56 Å². The minimum atomic E-state index is -0.766. The van der Waals surface area contributed by atoms with Crippen molar-refractivity contribution in [2.24, 2.45) is 0 Å². The Morgan fingerprint density at radius 2 is 1.80 bits per heavy atom. The van der Waals surface area contributed by atoms with Gasteiger partial charge in [0.15, 0.2) is 5.82 Å². The molecular weight excluding hydrogens is 448 g/mol. The van der Waals surface area contributed by atoms with Crippen LogP contribution < -0.4 is 16.0 Å². The largest absolute Gasteiger partial charge is 0.465 e. The first-order valence-electron chi connectivity index (χ1n) is 10.4. The summed E-state index contributed by atoms with van der Waals surface area (Å²) < 4.78 is 12.3. The normalized spacial score (nSPS) is 10.7. The average Bonchev–Trinajstić information content (AvgIpc) is 2.87. The number of pyridine rings is 1. The Kier molecular flexibility index (Phi) is 5.31. The quantitative estimate of drug-likeness (QED) is 0.318. The lowest BCUT2D eigenvalue weighted by molar-refractivity contribution is 0.0600. The fourth-order valence-corrected chi connectivity index (χ4v) is 3.81. The summed E-state index contributed by atoms with van der Waals surface area (Å²) in [6.07, 6.45) is 0. The number of esters is 1. The molecule has 9 heteroatoms. The number of carbonyl (C=O) groups excluding carboxylic acids is 1. The lowest BCUT2D eigenvalue weighted by Gasteiger charge is -2.18. The topological polar surface area (TPSA) is 127 Å². The van der Waals surface area contributed by atoms with E-state index in [2.05, 4.69) is 16.0 Å². The number of aromatic amines is 1. The number of methoxy groups -OCH3 is 1. The molecule has 35 heavy (non-hydrogen) atoms. The van der Waals surface area contributed by atoms with Crippen molar-refractivity contribution in [1.82, 2.24) is 14.5 Å². The summed E-state index contributed by atoms with van der Waals surface area (Å²) in [7, 11) is 1.31. The third kappa shape index (κ3) is 4.00. The van der Waals surface area contributed by atoms with E-state index in [1.54, 1.807) is 77.4 Å². The molecule has 5 rings (SSSR count). The second-order valence-electron chi connectivity index (χ2n) is 7.59. The van der Waals surface area contributed by atoms with Gasteiger partial charge < -0.3 is 9.47 Å². The number of H-pyrrole nitrogens is 1. The van der Waals surface area contributed by atoms with E-state index in [-0.39, 0.29) is 11.4 Å². The maximum Gasteiger partial charge on any atom is 0.349 e. The van der Waals surface area contributed by atoms with Gasteiger partial charge in [0, 0.05) is 5.69 Å².